The minimum Gasteiger partial charge on any atom is -0.377 e. The van der Waals surface area contributed by atoms with Gasteiger partial charge in [0.2, 0.25) is 0 Å². The van der Waals surface area contributed by atoms with E-state index in [4.69, 9.17) is 0 Å². The molecule has 0 bridgehead atoms. The van der Waals surface area contributed by atoms with Gasteiger partial charge in [0.15, 0.2) is 0 Å². The van der Waals surface area contributed by atoms with Crippen molar-refractivity contribution in [3.8, 4) is 0 Å². The van der Waals surface area contributed by atoms with Crippen molar-refractivity contribution >= 4 is 22.8 Å². The van der Waals surface area contributed by atoms with Gasteiger partial charge < -0.3 is 10.4 Å². The van der Waals surface area contributed by atoms with E-state index < -0.39 is 29.7 Å². The molecule has 1 atom stereocenters. The van der Waals surface area contributed by atoms with Crippen LogP contribution in [0.25, 0.3) is 0 Å². The molecular formula is C23H26F6N4O2S. The van der Waals surface area contributed by atoms with Crippen molar-refractivity contribution in [1.82, 2.24) is 15.5 Å². The average molecular weight is 537 g/mol. The Morgan fingerprint density at radius 1 is 1.14 bits per heavy atom. The van der Waals surface area contributed by atoms with Gasteiger partial charge in [-0.3, -0.25) is 20.0 Å². The van der Waals surface area contributed by atoms with Gasteiger partial charge in [-0.15, -0.1) is 0 Å². The molecule has 6 nitrogen and oxygen atoms in total. The Labute approximate surface area is 208 Å². The highest BCUT2D eigenvalue weighted by Gasteiger charge is 2.38. The molecule has 1 amide bonds. The fourth-order valence-corrected chi connectivity index (χ4v) is 5.02. The number of amides is 1. The van der Waals surface area contributed by atoms with E-state index in [1.165, 1.54) is 0 Å². The van der Waals surface area contributed by atoms with Crippen LogP contribution in [0.1, 0.15) is 42.4 Å². The highest BCUT2D eigenvalue weighted by molar-refractivity contribution is 8.18. The zero-order valence-electron chi connectivity index (χ0n) is 19.1. The van der Waals surface area contributed by atoms with E-state index in [1.54, 1.807) is 4.90 Å². The fraction of sp³-hybridized carbons (Fsp3) is 0.565. The van der Waals surface area contributed by atoms with Crippen LogP contribution in [0.15, 0.2) is 34.2 Å². The summed E-state index contributed by atoms with van der Waals surface area (Å²) < 4.78 is 79.1. The molecule has 1 aliphatic carbocycles. The predicted molar refractivity (Wildman–Crippen MR) is 123 cm³/mol. The lowest BCUT2D eigenvalue weighted by molar-refractivity contribution is -0.143. The van der Waals surface area contributed by atoms with Crippen LogP contribution in [0.3, 0.4) is 0 Å². The molecule has 1 aromatic carbocycles. The van der Waals surface area contributed by atoms with E-state index >= 15 is 0 Å². The number of nitrogens with zero attached hydrogens (tertiary/aromatic N) is 2. The number of rotatable bonds is 7. The summed E-state index contributed by atoms with van der Waals surface area (Å²) in [7, 11) is 0. The summed E-state index contributed by atoms with van der Waals surface area (Å²) in [5, 5.41) is 15.4. The quantitative estimate of drug-likeness (QED) is 0.347. The summed E-state index contributed by atoms with van der Waals surface area (Å²) >= 11 is 1.00. The van der Waals surface area contributed by atoms with Crippen molar-refractivity contribution in [2.45, 2.75) is 56.9 Å². The summed E-state index contributed by atoms with van der Waals surface area (Å²) in [6.45, 7) is 0.894. The smallest absolute Gasteiger partial charge is 0.377 e. The number of aliphatic imine (C=N–C) groups is 1. The van der Waals surface area contributed by atoms with Crippen LogP contribution >= 0.6 is 11.8 Å². The number of allylic oxidation sites excluding steroid dienone is 1. The second-order valence-corrected chi connectivity index (χ2v) is 10.2. The third kappa shape index (κ3) is 7.24. The Morgan fingerprint density at radius 3 is 2.44 bits per heavy atom. The van der Waals surface area contributed by atoms with Crippen LogP contribution in [0.5, 0.6) is 0 Å². The van der Waals surface area contributed by atoms with E-state index in [0.717, 1.165) is 30.7 Å². The Balaban J connectivity index is 1.37. The van der Waals surface area contributed by atoms with Crippen molar-refractivity contribution in [1.29, 1.82) is 0 Å². The van der Waals surface area contributed by atoms with Gasteiger partial charge in [-0.25, -0.2) is 0 Å². The van der Waals surface area contributed by atoms with Crippen LogP contribution < -0.4 is 10.6 Å². The molecule has 2 aliphatic heterocycles. The first-order chi connectivity index (χ1) is 16.9. The fourth-order valence-electron chi connectivity index (χ4n) is 4.20. The molecule has 3 fully saturated rings. The standard InChI is InChI=1S/C23H26F6N4O2S/c24-22(25,26)15-2-1-14(17(10-15)23(27,28)29)12-33-7-5-13(6-8-33)9-18-20(32-21(35)36-18)30-11-19(34)31-16-3-4-16/h1-2,9-10,13,16,19,31,34H,3-8,11-12H2,(H,30,32,35)/b18-9-. The van der Waals surface area contributed by atoms with Gasteiger partial charge in [0.25, 0.3) is 5.24 Å². The average Bonchev–Trinajstić information content (AvgIpc) is 3.53. The van der Waals surface area contributed by atoms with Crippen LogP contribution in [-0.4, -0.2) is 53.0 Å². The number of alkyl halides is 6. The lowest BCUT2D eigenvalue weighted by Crippen LogP contribution is -2.34. The Hall–Kier alpha value is -2.09. The minimum atomic E-state index is -4.89. The van der Waals surface area contributed by atoms with Crippen LogP contribution in [-0.2, 0) is 18.9 Å². The molecule has 0 spiro atoms. The number of thioether (sulfide) groups is 1. The van der Waals surface area contributed by atoms with Crippen LogP contribution in [0.2, 0.25) is 0 Å². The number of hydrogen-bond acceptors (Lipinski definition) is 6. The molecule has 3 aliphatic rings. The van der Waals surface area contributed by atoms with Crippen LogP contribution in [0, 0.1) is 5.92 Å². The number of aliphatic hydroxyl groups is 1. The second-order valence-electron chi connectivity index (χ2n) is 9.17. The molecule has 2 saturated heterocycles. The van der Waals surface area contributed by atoms with E-state index in [-0.39, 0.29) is 35.9 Å². The van der Waals surface area contributed by atoms with E-state index in [9.17, 15) is 36.2 Å². The first-order valence-corrected chi connectivity index (χ1v) is 12.4. The summed E-state index contributed by atoms with van der Waals surface area (Å²) in [5.41, 5.74) is -2.79. The van der Waals surface area contributed by atoms with Gasteiger partial charge in [0, 0.05) is 12.6 Å². The van der Waals surface area contributed by atoms with Gasteiger partial charge in [-0.1, -0.05) is 12.1 Å². The van der Waals surface area contributed by atoms with Gasteiger partial charge in [0.05, 0.1) is 22.6 Å². The maximum atomic E-state index is 13.4. The molecule has 4 rings (SSSR count). The van der Waals surface area contributed by atoms with Gasteiger partial charge in [0.1, 0.15) is 12.1 Å². The normalized spacial score (nSPS) is 23.5. The number of nitrogens with one attached hydrogen (secondary N) is 2. The summed E-state index contributed by atoms with van der Waals surface area (Å²) in [4.78, 5) is 18.6. The number of benzene rings is 1. The zero-order chi connectivity index (χ0) is 26.1. The first-order valence-electron chi connectivity index (χ1n) is 11.6. The summed E-state index contributed by atoms with van der Waals surface area (Å²) in [5.74, 6) is 0.453. The predicted octanol–water partition coefficient (Wildman–Crippen LogP) is 4.75. The highest BCUT2D eigenvalue weighted by Crippen LogP contribution is 2.38. The molecule has 1 aromatic rings. The molecule has 1 saturated carbocycles. The van der Waals surface area contributed by atoms with Crippen molar-refractivity contribution in [2.24, 2.45) is 10.9 Å². The Morgan fingerprint density at radius 2 is 1.83 bits per heavy atom. The van der Waals surface area contributed by atoms with Crippen molar-refractivity contribution < 1.29 is 36.2 Å². The number of aliphatic hydroxyl groups excluding tert-OH is 1. The largest absolute Gasteiger partial charge is 0.416 e. The van der Waals surface area contributed by atoms with Crippen LogP contribution in [0.4, 0.5) is 31.1 Å². The third-order valence-corrected chi connectivity index (χ3v) is 7.08. The van der Waals surface area contributed by atoms with Crippen molar-refractivity contribution in [2.75, 3.05) is 19.6 Å². The van der Waals surface area contributed by atoms with Crippen molar-refractivity contribution in [3.05, 3.63) is 45.9 Å². The minimum absolute atomic E-state index is 0.0610. The van der Waals surface area contributed by atoms with Crippen molar-refractivity contribution in [3.63, 3.8) is 0 Å². The van der Waals surface area contributed by atoms with E-state index in [0.29, 0.717) is 48.8 Å². The highest BCUT2D eigenvalue weighted by atomic mass is 32.2. The topological polar surface area (TPSA) is 77.0 Å². The lowest BCUT2D eigenvalue weighted by atomic mass is 9.95. The molecule has 2 heterocycles. The second kappa shape index (κ2) is 10.7. The molecule has 198 valence electrons. The van der Waals surface area contributed by atoms with E-state index in [2.05, 4.69) is 15.6 Å². The Bertz CT molecular complexity index is 1030. The van der Waals surface area contributed by atoms with E-state index in [1.807, 2.05) is 6.08 Å². The molecular weight excluding hydrogens is 510 g/mol. The number of likely N-dealkylation sites (tertiary alicyclic amines) is 1. The molecule has 36 heavy (non-hydrogen) atoms. The number of piperidine rings is 1. The molecule has 0 aromatic heterocycles. The van der Waals surface area contributed by atoms with Gasteiger partial charge in [-0.05, 0) is 74.1 Å². The third-order valence-electron chi connectivity index (χ3n) is 6.24. The lowest BCUT2D eigenvalue weighted by Gasteiger charge is -2.31. The number of carbonyl (C=O) groups is 1. The number of hydrogen-bond donors (Lipinski definition) is 3. The number of carbonyl (C=O) groups excluding carboxylic acids is 1. The monoisotopic (exact) mass is 536 g/mol. The molecule has 1 unspecified atom stereocenters. The van der Waals surface area contributed by atoms with Gasteiger partial charge >= 0.3 is 12.4 Å². The SMILES string of the molecule is O=C1NC(=NCC(O)NC2CC2)/C(=C/C2CCN(Cc3ccc(C(F)(F)F)cc3C(F)(F)F)CC2)S1. The zero-order valence-corrected chi connectivity index (χ0v) is 19.9. The molecule has 13 heteroatoms. The summed E-state index contributed by atoms with van der Waals surface area (Å²) in [6.07, 6.45) is -5.38. The molecule has 3 N–H and O–H groups in total. The number of halogens is 6. The Kier molecular flexibility index (Phi) is 8.03. The number of amidine groups is 1. The first kappa shape index (κ1) is 27.0. The maximum absolute atomic E-state index is 13.4. The summed E-state index contributed by atoms with van der Waals surface area (Å²) in [6, 6.07) is 2.07. The molecule has 0 radical (unpaired) electrons. The van der Waals surface area contributed by atoms with Gasteiger partial charge in [-0.2, -0.15) is 26.3 Å². The maximum Gasteiger partial charge on any atom is 0.416 e.